The minimum absolute atomic E-state index is 0.540. The van der Waals surface area contributed by atoms with E-state index in [1.165, 1.54) is 0 Å². The summed E-state index contributed by atoms with van der Waals surface area (Å²) in [6, 6.07) is 13.3. The van der Waals surface area contributed by atoms with Gasteiger partial charge in [-0.15, -0.1) is 0 Å². The maximum absolute atomic E-state index is 10.3. The third-order valence-corrected chi connectivity index (χ3v) is 3.29. The number of hydrogen-bond donors (Lipinski definition) is 2. The summed E-state index contributed by atoms with van der Waals surface area (Å²) in [5.41, 5.74) is 8.28. The molecule has 0 spiro atoms. The molecular formula is C16H21N3O. The molecule has 2 rings (SSSR count). The summed E-state index contributed by atoms with van der Waals surface area (Å²) in [7, 11) is 0. The lowest BCUT2D eigenvalue weighted by atomic mass is 10.1. The predicted octanol–water partition coefficient (Wildman–Crippen LogP) is 2.22. The van der Waals surface area contributed by atoms with E-state index in [2.05, 4.69) is 16.8 Å². The van der Waals surface area contributed by atoms with Gasteiger partial charge in [-0.2, -0.15) is 0 Å². The fraction of sp³-hybridized carbons (Fsp3) is 0.312. The molecule has 0 aliphatic carbocycles. The summed E-state index contributed by atoms with van der Waals surface area (Å²) in [6.45, 7) is 4.23. The highest BCUT2D eigenvalue weighted by Crippen LogP contribution is 2.17. The minimum Gasteiger partial charge on any atom is -0.399 e. The second kappa shape index (κ2) is 7.03. The van der Waals surface area contributed by atoms with E-state index in [1.54, 1.807) is 6.20 Å². The fourth-order valence-corrected chi connectivity index (χ4v) is 2.14. The number of nitrogen functional groups attached to an aromatic ring is 1. The van der Waals surface area contributed by atoms with E-state index in [-0.39, 0.29) is 0 Å². The molecule has 20 heavy (non-hydrogen) atoms. The number of anilines is 1. The van der Waals surface area contributed by atoms with Crippen molar-refractivity contribution in [1.29, 1.82) is 0 Å². The predicted molar refractivity (Wildman–Crippen MR) is 81.0 cm³/mol. The molecule has 0 amide bonds. The Morgan fingerprint density at radius 3 is 2.75 bits per heavy atom. The van der Waals surface area contributed by atoms with Crippen molar-refractivity contribution in [2.75, 3.05) is 18.8 Å². The number of aliphatic hydroxyl groups is 1. The molecule has 2 aromatic rings. The van der Waals surface area contributed by atoms with Crippen LogP contribution in [0.25, 0.3) is 0 Å². The average Bonchev–Trinajstić information content (AvgIpc) is 2.47. The molecule has 4 heteroatoms. The van der Waals surface area contributed by atoms with Crippen molar-refractivity contribution >= 4 is 5.69 Å². The van der Waals surface area contributed by atoms with Gasteiger partial charge in [-0.1, -0.05) is 25.1 Å². The molecule has 1 unspecified atom stereocenters. The first-order valence-electron chi connectivity index (χ1n) is 6.84. The lowest BCUT2D eigenvalue weighted by Crippen LogP contribution is -2.28. The highest BCUT2D eigenvalue weighted by Gasteiger charge is 2.13. The van der Waals surface area contributed by atoms with E-state index >= 15 is 0 Å². The molecule has 0 aliphatic heterocycles. The highest BCUT2D eigenvalue weighted by molar-refractivity contribution is 5.41. The smallest absolute Gasteiger partial charge is 0.0917 e. The van der Waals surface area contributed by atoms with E-state index < -0.39 is 6.10 Å². The first kappa shape index (κ1) is 14.5. The third kappa shape index (κ3) is 4.05. The number of aliphatic hydroxyl groups excluding tert-OH is 1. The van der Waals surface area contributed by atoms with Crippen molar-refractivity contribution in [3.8, 4) is 0 Å². The summed E-state index contributed by atoms with van der Waals surface area (Å²) in [5, 5.41) is 10.3. The van der Waals surface area contributed by atoms with Crippen LogP contribution in [0, 0.1) is 0 Å². The van der Waals surface area contributed by atoms with Gasteiger partial charge in [0.2, 0.25) is 0 Å². The topological polar surface area (TPSA) is 62.4 Å². The Bertz CT molecular complexity index is 530. The van der Waals surface area contributed by atoms with Crippen LogP contribution in [0.15, 0.2) is 48.7 Å². The SMILES string of the molecule is CCN(Cc1ccccn1)CC(O)c1cccc(N)c1. The normalized spacial score (nSPS) is 12.6. The van der Waals surface area contributed by atoms with Crippen LogP contribution >= 0.6 is 0 Å². The van der Waals surface area contributed by atoms with Gasteiger partial charge in [-0.05, 0) is 36.4 Å². The number of benzene rings is 1. The number of nitrogens with zero attached hydrogens (tertiary/aromatic N) is 2. The molecule has 106 valence electrons. The molecule has 3 N–H and O–H groups in total. The zero-order valence-corrected chi connectivity index (χ0v) is 11.7. The van der Waals surface area contributed by atoms with E-state index in [0.29, 0.717) is 12.2 Å². The Balaban J connectivity index is 1.99. The second-order valence-corrected chi connectivity index (χ2v) is 4.83. The van der Waals surface area contributed by atoms with Crippen LogP contribution in [-0.4, -0.2) is 28.1 Å². The van der Waals surface area contributed by atoms with Crippen LogP contribution in [0.1, 0.15) is 24.3 Å². The van der Waals surface area contributed by atoms with Gasteiger partial charge in [0.15, 0.2) is 0 Å². The molecule has 0 saturated carbocycles. The van der Waals surface area contributed by atoms with Gasteiger partial charge in [-0.25, -0.2) is 0 Å². The van der Waals surface area contributed by atoms with Crippen molar-refractivity contribution < 1.29 is 5.11 Å². The summed E-state index contributed by atoms with van der Waals surface area (Å²) >= 11 is 0. The molecular weight excluding hydrogens is 250 g/mol. The van der Waals surface area contributed by atoms with E-state index in [1.807, 2.05) is 42.5 Å². The third-order valence-electron chi connectivity index (χ3n) is 3.29. The minimum atomic E-state index is -0.540. The Morgan fingerprint density at radius 1 is 1.25 bits per heavy atom. The lowest BCUT2D eigenvalue weighted by molar-refractivity contribution is 0.111. The molecule has 1 heterocycles. The molecule has 1 aromatic carbocycles. The zero-order valence-electron chi connectivity index (χ0n) is 11.7. The van der Waals surface area contributed by atoms with Gasteiger partial charge in [0.05, 0.1) is 11.8 Å². The summed E-state index contributed by atoms with van der Waals surface area (Å²) in [4.78, 5) is 6.48. The lowest BCUT2D eigenvalue weighted by Gasteiger charge is -2.23. The molecule has 1 atom stereocenters. The summed E-state index contributed by atoms with van der Waals surface area (Å²) in [5.74, 6) is 0. The number of aromatic nitrogens is 1. The zero-order chi connectivity index (χ0) is 14.4. The number of rotatable bonds is 6. The Morgan fingerprint density at radius 2 is 2.10 bits per heavy atom. The second-order valence-electron chi connectivity index (χ2n) is 4.83. The number of pyridine rings is 1. The first-order valence-corrected chi connectivity index (χ1v) is 6.84. The van der Waals surface area contributed by atoms with Crippen LogP contribution in [0.4, 0.5) is 5.69 Å². The van der Waals surface area contributed by atoms with Gasteiger partial charge in [-0.3, -0.25) is 9.88 Å². The molecule has 4 nitrogen and oxygen atoms in total. The monoisotopic (exact) mass is 271 g/mol. The number of hydrogen-bond acceptors (Lipinski definition) is 4. The molecule has 0 bridgehead atoms. The van der Waals surface area contributed by atoms with Crippen molar-refractivity contribution in [3.63, 3.8) is 0 Å². The van der Waals surface area contributed by atoms with Crippen LogP contribution < -0.4 is 5.73 Å². The summed E-state index contributed by atoms with van der Waals surface area (Å²) in [6.07, 6.45) is 1.25. The van der Waals surface area contributed by atoms with Gasteiger partial charge in [0.1, 0.15) is 0 Å². The van der Waals surface area contributed by atoms with Crippen molar-refractivity contribution in [3.05, 3.63) is 59.9 Å². The largest absolute Gasteiger partial charge is 0.399 e. The van der Waals surface area contributed by atoms with Crippen molar-refractivity contribution in [2.45, 2.75) is 19.6 Å². The number of likely N-dealkylation sites (N-methyl/N-ethyl adjacent to an activating group) is 1. The van der Waals surface area contributed by atoms with Crippen LogP contribution in [0.5, 0.6) is 0 Å². The van der Waals surface area contributed by atoms with Crippen LogP contribution in [0.2, 0.25) is 0 Å². The van der Waals surface area contributed by atoms with Gasteiger partial charge >= 0.3 is 0 Å². The fourth-order valence-electron chi connectivity index (χ4n) is 2.14. The van der Waals surface area contributed by atoms with Crippen LogP contribution in [-0.2, 0) is 6.54 Å². The van der Waals surface area contributed by atoms with E-state index in [4.69, 9.17) is 5.73 Å². The van der Waals surface area contributed by atoms with Gasteiger partial charge in [0, 0.05) is 25.0 Å². The Kier molecular flexibility index (Phi) is 5.09. The Labute approximate surface area is 119 Å². The first-order chi connectivity index (χ1) is 9.69. The highest BCUT2D eigenvalue weighted by atomic mass is 16.3. The molecule has 0 fully saturated rings. The summed E-state index contributed by atoms with van der Waals surface area (Å²) < 4.78 is 0. The quantitative estimate of drug-likeness (QED) is 0.791. The van der Waals surface area contributed by atoms with E-state index in [9.17, 15) is 5.11 Å². The average molecular weight is 271 g/mol. The maximum Gasteiger partial charge on any atom is 0.0917 e. The van der Waals surface area contributed by atoms with Crippen LogP contribution in [0.3, 0.4) is 0 Å². The van der Waals surface area contributed by atoms with E-state index in [0.717, 1.165) is 24.3 Å². The van der Waals surface area contributed by atoms with Gasteiger partial charge in [0.25, 0.3) is 0 Å². The van der Waals surface area contributed by atoms with Gasteiger partial charge < -0.3 is 10.8 Å². The molecule has 0 aliphatic rings. The maximum atomic E-state index is 10.3. The standard InChI is InChI=1S/C16H21N3O/c1-2-19(11-15-8-3-4-9-18-15)12-16(20)13-6-5-7-14(17)10-13/h3-10,16,20H,2,11-12,17H2,1H3. The molecule has 0 saturated heterocycles. The molecule has 1 aromatic heterocycles. The van der Waals surface area contributed by atoms with Crippen molar-refractivity contribution in [1.82, 2.24) is 9.88 Å². The number of nitrogens with two attached hydrogens (primary N) is 1. The Hall–Kier alpha value is -1.91. The van der Waals surface area contributed by atoms with Crippen molar-refractivity contribution in [2.24, 2.45) is 0 Å². The molecule has 0 radical (unpaired) electrons.